The van der Waals surface area contributed by atoms with Crippen molar-refractivity contribution >= 4 is 23.2 Å². The summed E-state index contributed by atoms with van der Waals surface area (Å²) in [5.41, 5.74) is 3.39. The molecule has 2 rings (SSSR count). The molecule has 0 bridgehead atoms. The molecule has 6 nitrogen and oxygen atoms in total. The van der Waals surface area contributed by atoms with Crippen LogP contribution in [0, 0.1) is 13.8 Å². The predicted octanol–water partition coefficient (Wildman–Crippen LogP) is 3.05. The average Bonchev–Trinajstić information content (AvgIpc) is 2.79. The zero-order valence-electron chi connectivity index (χ0n) is 13.9. The van der Waals surface area contributed by atoms with Crippen molar-refractivity contribution in [2.24, 2.45) is 0 Å². The van der Waals surface area contributed by atoms with Gasteiger partial charge in [0.25, 0.3) is 0 Å². The number of benzene rings is 1. The molecule has 2 amide bonds. The summed E-state index contributed by atoms with van der Waals surface area (Å²) < 4.78 is 1.87. The van der Waals surface area contributed by atoms with Crippen LogP contribution in [0.1, 0.15) is 37.7 Å². The van der Waals surface area contributed by atoms with Gasteiger partial charge in [0.05, 0.1) is 11.7 Å². The van der Waals surface area contributed by atoms with Crippen LogP contribution >= 0.6 is 0 Å². The number of hydrogen-bond acceptors (Lipinski definition) is 3. The second-order valence-corrected chi connectivity index (χ2v) is 5.73. The van der Waals surface area contributed by atoms with E-state index in [0.717, 1.165) is 11.4 Å². The maximum Gasteiger partial charge on any atom is 0.226 e. The highest BCUT2D eigenvalue weighted by atomic mass is 16.2. The number of carbonyl (C=O) groups excluding carboxylic acids is 2. The molecular weight excluding hydrogens is 292 g/mol. The Morgan fingerprint density at radius 3 is 2.17 bits per heavy atom. The summed E-state index contributed by atoms with van der Waals surface area (Å²) in [6.45, 7) is 7.34. The Hall–Kier alpha value is -2.63. The SMILES string of the molecule is CC(=O)Nc1ccc(NC(=O)CC(C)n2nc(C)cc2C)cc1. The quantitative estimate of drug-likeness (QED) is 0.890. The molecule has 0 aliphatic rings. The summed E-state index contributed by atoms with van der Waals surface area (Å²) in [5.74, 6) is -0.196. The molecule has 1 aromatic carbocycles. The van der Waals surface area contributed by atoms with E-state index in [1.807, 2.05) is 31.5 Å². The number of amides is 2. The first kappa shape index (κ1) is 16.7. The minimum Gasteiger partial charge on any atom is -0.326 e. The van der Waals surface area contributed by atoms with Crippen LogP contribution in [0.3, 0.4) is 0 Å². The van der Waals surface area contributed by atoms with Crippen LogP contribution in [0.4, 0.5) is 11.4 Å². The van der Waals surface area contributed by atoms with Gasteiger partial charge in [0.1, 0.15) is 0 Å². The van der Waals surface area contributed by atoms with E-state index in [0.29, 0.717) is 17.8 Å². The zero-order valence-corrected chi connectivity index (χ0v) is 13.9. The van der Waals surface area contributed by atoms with Gasteiger partial charge in [-0.2, -0.15) is 5.10 Å². The summed E-state index contributed by atoms with van der Waals surface area (Å²) in [7, 11) is 0. The molecule has 0 saturated heterocycles. The molecule has 1 aromatic heterocycles. The summed E-state index contributed by atoms with van der Waals surface area (Å²) in [6, 6.07) is 9.01. The summed E-state index contributed by atoms with van der Waals surface area (Å²) >= 11 is 0. The number of anilines is 2. The number of rotatable bonds is 5. The van der Waals surface area contributed by atoms with Crippen LogP contribution in [-0.4, -0.2) is 21.6 Å². The van der Waals surface area contributed by atoms with Gasteiger partial charge in [-0.3, -0.25) is 14.3 Å². The van der Waals surface area contributed by atoms with Crippen molar-refractivity contribution in [2.75, 3.05) is 10.6 Å². The van der Waals surface area contributed by atoms with Crippen LogP contribution in [0.5, 0.6) is 0 Å². The van der Waals surface area contributed by atoms with Crippen LogP contribution < -0.4 is 10.6 Å². The van der Waals surface area contributed by atoms with Gasteiger partial charge < -0.3 is 10.6 Å². The molecule has 0 saturated carbocycles. The lowest BCUT2D eigenvalue weighted by atomic mass is 10.2. The maximum atomic E-state index is 12.2. The Kier molecular flexibility index (Phi) is 5.16. The fourth-order valence-corrected chi connectivity index (χ4v) is 2.50. The molecule has 1 atom stereocenters. The molecule has 1 unspecified atom stereocenters. The molecule has 1 heterocycles. The molecule has 0 aliphatic carbocycles. The van der Waals surface area contributed by atoms with E-state index in [4.69, 9.17) is 0 Å². The van der Waals surface area contributed by atoms with Crippen molar-refractivity contribution in [2.45, 2.75) is 40.2 Å². The van der Waals surface area contributed by atoms with E-state index in [-0.39, 0.29) is 17.9 Å². The lowest BCUT2D eigenvalue weighted by Gasteiger charge is -2.14. The van der Waals surface area contributed by atoms with Gasteiger partial charge in [0.15, 0.2) is 0 Å². The van der Waals surface area contributed by atoms with Crippen LogP contribution in [0.15, 0.2) is 30.3 Å². The second kappa shape index (κ2) is 7.09. The zero-order chi connectivity index (χ0) is 17.0. The third kappa shape index (κ3) is 4.67. The molecule has 0 aliphatic heterocycles. The first-order valence-electron chi connectivity index (χ1n) is 7.55. The smallest absolute Gasteiger partial charge is 0.226 e. The number of hydrogen-bond donors (Lipinski definition) is 2. The van der Waals surface area contributed by atoms with Gasteiger partial charge in [-0.05, 0) is 51.1 Å². The van der Waals surface area contributed by atoms with Gasteiger partial charge in [0, 0.05) is 30.4 Å². The molecule has 2 N–H and O–H groups in total. The molecule has 0 spiro atoms. The molecule has 23 heavy (non-hydrogen) atoms. The third-order valence-corrected chi connectivity index (χ3v) is 3.43. The molecule has 122 valence electrons. The van der Waals surface area contributed by atoms with Gasteiger partial charge in [-0.1, -0.05) is 0 Å². The third-order valence-electron chi connectivity index (χ3n) is 3.43. The van der Waals surface area contributed by atoms with Crippen LogP contribution in [0.2, 0.25) is 0 Å². The highest BCUT2D eigenvalue weighted by molar-refractivity contribution is 5.92. The number of carbonyl (C=O) groups is 2. The Balaban J connectivity index is 1.94. The summed E-state index contributed by atoms with van der Waals surface area (Å²) in [5, 5.41) is 9.95. The van der Waals surface area contributed by atoms with E-state index < -0.39 is 0 Å². The van der Waals surface area contributed by atoms with Crippen LogP contribution in [-0.2, 0) is 9.59 Å². The fourth-order valence-electron chi connectivity index (χ4n) is 2.50. The van der Waals surface area contributed by atoms with E-state index in [2.05, 4.69) is 15.7 Å². The second-order valence-electron chi connectivity index (χ2n) is 5.73. The Morgan fingerprint density at radius 2 is 1.70 bits per heavy atom. The lowest BCUT2D eigenvalue weighted by Crippen LogP contribution is -2.19. The van der Waals surface area contributed by atoms with Crippen molar-refractivity contribution in [3.63, 3.8) is 0 Å². The minimum atomic E-state index is -0.125. The molecular formula is C17H22N4O2. The van der Waals surface area contributed by atoms with Gasteiger partial charge >= 0.3 is 0 Å². The largest absolute Gasteiger partial charge is 0.326 e. The topological polar surface area (TPSA) is 76.0 Å². The van der Waals surface area contributed by atoms with Gasteiger partial charge in [-0.25, -0.2) is 0 Å². The summed E-state index contributed by atoms with van der Waals surface area (Å²) in [6.07, 6.45) is 0.343. The van der Waals surface area contributed by atoms with Crippen molar-refractivity contribution in [1.82, 2.24) is 9.78 Å². The Labute approximate surface area is 135 Å². The van der Waals surface area contributed by atoms with E-state index in [1.54, 1.807) is 24.3 Å². The predicted molar refractivity (Wildman–Crippen MR) is 90.4 cm³/mol. The highest BCUT2D eigenvalue weighted by Crippen LogP contribution is 2.17. The van der Waals surface area contributed by atoms with Gasteiger partial charge in [-0.15, -0.1) is 0 Å². The van der Waals surface area contributed by atoms with Crippen molar-refractivity contribution in [3.8, 4) is 0 Å². The van der Waals surface area contributed by atoms with Crippen molar-refractivity contribution in [3.05, 3.63) is 41.7 Å². The fraction of sp³-hybridized carbons (Fsp3) is 0.353. The minimum absolute atomic E-state index is 0.0117. The first-order chi connectivity index (χ1) is 10.8. The summed E-state index contributed by atoms with van der Waals surface area (Å²) in [4.78, 5) is 23.1. The molecule has 0 fully saturated rings. The average molecular weight is 314 g/mol. The molecule has 6 heteroatoms. The van der Waals surface area contributed by atoms with E-state index >= 15 is 0 Å². The molecule has 2 aromatic rings. The number of aryl methyl sites for hydroxylation is 2. The number of nitrogens with zero attached hydrogens (tertiary/aromatic N) is 2. The monoisotopic (exact) mass is 314 g/mol. The maximum absolute atomic E-state index is 12.2. The normalized spacial score (nSPS) is 11.8. The van der Waals surface area contributed by atoms with E-state index in [9.17, 15) is 9.59 Å². The van der Waals surface area contributed by atoms with Gasteiger partial charge in [0.2, 0.25) is 11.8 Å². The first-order valence-corrected chi connectivity index (χ1v) is 7.55. The van der Waals surface area contributed by atoms with Crippen molar-refractivity contribution < 1.29 is 9.59 Å². The number of aromatic nitrogens is 2. The standard InChI is InChI=1S/C17H22N4O2/c1-11-9-12(2)21(20-11)13(3)10-17(23)19-16-7-5-15(6-8-16)18-14(4)22/h5-9,13H,10H2,1-4H3,(H,18,22)(H,19,23). The Morgan fingerprint density at radius 1 is 1.13 bits per heavy atom. The van der Waals surface area contributed by atoms with Crippen LogP contribution in [0.25, 0.3) is 0 Å². The van der Waals surface area contributed by atoms with Crippen molar-refractivity contribution in [1.29, 1.82) is 0 Å². The lowest BCUT2D eigenvalue weighted by molar-refractivity contribution is -0.117. The van der Waals surface area contributed by atoms with E-state index in [1.165, 1.54) is 6.92 Å². The Bertz CT molecular complexity index is 704. The number of nitrogens with one attached hydrogen (secondary N) is 2. The highest BCUT2D eigenvalue weighted by Gasteiger charge is 2.14. The molecule has 0 radical (unpaired) electrons.